The maximum absolute atomic E-state index is 12.6. The highest BCUT2D eigenvalue weighted by Gasteiger charge is 2.38. The summed E-state index contributed by atoms with van der Waals surface area (Å²) in [6.45, 7) is 3.85. The number of cyclic esters (lactones) is 1. The maximum atomic E-state index is 12.6. The van der Waals surface area contributed by atoms with E-state index in [0.717, 1.165) is 16.7 Å². The van der Waals surface area contributed by atoms with Crippen molar-refractivity contribution < 1.29 is 19.4 Å². The van der Waals surface area contributed by atoms with E-state index in [9.17, 15) is 14.7 Å². The minimum atomic E-state index is -0.924. The number of fused-ring (bicyclic) bond motifs is 1. The molecule has 0 spiro atoms. The highest BCUT2D eigenvalue weighted by Crippen LogP contribution is 2.30. The van der Waals surface area contributed by atoms with E-state index in [1.807, 2.05) is 6.92 Å². The molecule has 0 aliphatic carbocycles. The first kappa shape index (κ1) is 20.0. The van der Waals surface area contributed by atoms with Gasteiger partial charge in [-0.1, -0.05) is 6.07 Å². The van der Waals surface area contributed by atoms with E-state index >= 15 is 0 Å². The first-order chi connectivity index (χ1) is 13.9. The Morgan fingerprint density at radius 1 is 1.41 bits per heavy atom. The number of ether oxygens (including phenoxy) is 1. The number of aliphatic hydroxyl groups is 1. The quantitative estimate of drug-likeness (QED) is 0.634. The summed E-state index contributed by atoms with van der Waals surface area (Å²) < 4.78 is 9.06. The lowest BCUT2D eigenvalue weighted by Gasteiger charge is -2.38. The second-order valence-corrected chi connectivity index (χ2v) is 8.52. The zero-order valence-electron chi connectivity index (χ0n) is 16.2. The molecule has 9 heteroatoms. The van der Waals surface area contributed by atoms with Gasteiger partial charge in [0.05, 0.1) is 17.2 Å². The van der Waals surface area contributed by atoms with Crippen molar-refractivity contribution in [1.82, 2.24) is 9.27 Å². The van der Waals surface area contributed by atoms with Gasteiger partial charge in [0.2, 0.25) is 5.91 Å². The Kier molecular flexibility index (Phi) is 5.39. The molecule has 2 aromatic rings. The van der Waals surface area contributed by atoms with Crippen molar-refractivity contribution in [3.8, 4) is 0 Å². The number of rotatable bonds is 5. The van der Waals surface area contributed by atoms with E-state index < -0.39 is 11.6 Å². The first-order valence-corrected chi connectivity index (χ1v) is 10.4. The van der Waals surface area contributed by atoms with Gasteiger partial charge in [0.25, 0.3) is 0 Å². The van der Waals surface area contributed by atoms with Crippen LogP contribution >= 0.6 is 11.5 Å². The molecule has 1 unspecified atom stereocenters. The lowest BCUT2D eigenvalue weighted by molar-refractivity contribution is -0.122. The number of benzene rings is 1. The van der Waals surface area contributed by atoms with Crippen LogP contribution in [0.15, 0.2) is 24.4 Å². The average molecular weight is 417 g/mol. The summed E-state index contributed by atoms with van der Waals surface area (Å²) in [4.78, 5) is 26.4. The van der Waals surface area contributed by atoms with Gasteiger partial charge in [-0.05, 0) is 54.6 Å². The number of carbonyl (C=O) groups excluding carboxylic acids is 2. The third-order valence-corrected chi connectivity index (χ3v) is 6.54. The van der Waals surface area contributed by atoms with Crippen molar-refractivity contribution in [2.45, 2.75) is 38.0 Å². The van der Waals surface area contributed by atoms with Crippen LogP contribution < -0.4 is 11.1 Å². The minimum Gasteiger partial charge on any atom is -0.457 e. The number of hydrogen-bond acceptors (Lipinski definition) is 8. The standard InChI is InChI=1S/C20H24N4O4S/c1-12-13(2-3-14-15(12)11-28-18(14)26)16(25)10-24-8-5-20(21,6-9-24)19(27)23-17-4-7-22-29-17/h2-4,7,16,25H,5-6,8-11,21H2,1H3,(H,23,27). The molecule has 1 aromatic heterocycles. The zero-order valence-corrected chi connectivity index (χ0v) is 17.0. The lowest BCUT2D eigenvalue weighted by Crippen LogP contribution is -2.58. The van der Waals surface area contributed by atoms with E-state index in [1.165, 1.54) is 11.5 Å². The molecule has 2 aliphatic heterocycles. The van der Waals surface area contributed by atoms with Crippen LogP contribution in [0.3, 0.4) is 0 Å². The van der Waals surface area contributed by atoms with Gasteiger partial charge >= 0.3 is 5.97 Å². The number of aromatic nitrogens is 1. The topological polar surface area (TPSA) is 118 Å². The second kappa shape index (κ2) is 7.83. The van der Waals surface area contributed by atoms with Crippen LogP contribution in [0.5, 0.6) is 0 Å². The fourth-order valence-corrected chi connectivity index (χ4v) is 4.45. The van der Waals surface area contributed by atoms with Crippen LogP contribution in [-0.4, -0.2) is 51.4 Å². The molecule has 0 radical (unpaired) electrons. The normalized spacial score (nSPS) is 19.5. The molecule has 0 bridgehead atoms. The minimum absolute atomic E-state index is 0.193. The number of esters is 1. The van der Waals surface area contributed by atoms with Gasteiger partial charge in [0.15, 0.2) is 0 Å². The SMILES string of the molecule is Cc1c(C(O)CN2CCC(N)(C(=O)Nc3ccns3)CC2)ccc2c1COC2=O. The molecule has 1 amide bonds. The number of hydrogen-bond donors (Lipinski definition) is 3. The summed E-state index contributed by atoms with van der Waals surface area (Å²) in [5.74, 6) is -0.503. The predicted molar refractivity (Wildman–Crippen MR) is 109 cm³/mol. The van der Waals surface area contributed by atoms with Crippen molar-refractivity contribution >= 4 is 28.4 Å². The third kappa shape index (κ3) is 3.91. The van der Waals surface area contributed by atoms with Crippen molar-refractivity contribution in [3.63, 3.8) is 0 Å². The Morgan fingerprint density at radius 3 is 2.86 bits per heavy atom. The number of nitrogens with one attached hydrogen (secondary N) is 1. The fraction of sp³-hybridized carbons (Fsp3) is 0.450. The number of β-amino-alcohol motifs (C(OH)–C–C–N with tert-alkyl or cyclic N) is 1. The van der Waals surface area contributed by atoms with Gasteiger partial charge in [-0.3, -0.25) is 4.79 Å². The van der Waals surface area contributed by atoms with Crippen molar-refractivity contribution in [2.24, 2.45) is 5.73 Å². The zero-order chi connectivity index (χ0) is 20.6. The van der Waals surface area contributed by atoms with E-state index in [1.54, 1.807) is 24.4 Å². The van der Waals surface area contributed by atoms with Crippen molar-refractivity contribution in [3.05, 3.63) is 46.6 Å². The fourth-order valence-electron chi connectivity index (χ4n) is 3.95. The number of aliphatic hydroxyl groups excluding tert-OH is 1. The summed E-state index contributed by atoms with van der Waals surface area (Å²) in [5, 5.41) is 14.3. The Labute approximate surface area is 172 Å². The van der Waals surface area contributed by atoms with Crippen LogP contribution in [0.4, 0.5) is 5.00 Å². The molecule has 4 N–H and O–H groups in total. The monoisotopic (exact) mass is 416 g/mol. The molecular formula is C20H24N4O4S. The molecule has 0 saturated carbocycles. The Bertz CT molecular complexity index is 923. The number of likely N-dealkylation sites (tertiary alicyclic amines) is 1. The van der Waals surface area contributed by atoms with Crippen molar-refractivity contribution in [1.29, 1.82) is 0 Å². The van der Waals surface area contributed by atoms with Gasteiger partial charge in [0, 0.05) is 31.4 Å². The van der Waals surface area contributed by atoms with E-state index in [4.69, 9.17) is 10.5 Å². The second-order valence-electron chi connectivity index (χ2n) is 7.69. The summed E-state index contributed by atoms with van der Waals surface area (Å²) in [7, 11) is 0. The first-order valence-electron chi connectivity index (χ1n) is 9.58. The molecule has 29 heavy (non-hydrogen) atoms. The smallest absolute Gasteiger partial charge is 0.338 e. The van der Waals surface area contributed by atoms with Crippen LogP contribution in [-0.2, 0) is 16.1 Å². The summed E-state index contributed by atoms with van der Waals surface area (Å²) in [6, 6.07) is 5.27. The number of nitrogens with two attached hydrogens (primary N) is 1. The highest BCUT2D eigenvalue weighted by molar-refractivity contribution is 7.10. The van der Waals surface area contributed by atoms with E-state index in [0.29, 0.717) is 43.0 Å². The highest BCUT2D eigenvalue weighted by atomic mass is 32.1. The summed E-state index contributed by atoms with van der Waals surface area (Å²) >= 11 is 1.22. The van der Waals surface area contributed by atoms with Gasteiger partial charge in [0.1, 0.15) is 11.6 Å². The molecular weight excluding hydrogens is 392 g/mol. The molecule has 1 saturated heterocycles. The van der Waals surface area contributed by atoms with Gasteiger partial charge in [-0.25, -0.2) is 4.79 Å². The molecule has 2 aliphatic rings. The van der Waals surface area contributed by atoms with Crippen LogP contribution in [0.1, 0.15) is 46.0 Å². The third-order valence-electron chi connectivity index (χ3n) is 5.87. The molecule has 1 aromatic carbocycles. The number of nitrogens with zero attached hydrogens (tertiary/aromatic N) is 2. The van der Waals surface area contributed by atoms with Gasteiger partial charge in [-0.15, -0.1) is 0 Å². The molecule has 4 rings (SSSR count). The number of amides is 1. The van der Waals surface area contributed by atoms with Gasteiger partial charge in [-0.2, -0.15) is 4.37 Å². The van der Waals surface area contributed by atoms with Gasteiger partial charge < -0.3 is 25.8 Å². The number of piperidine rings is 1. The molecule has 154 valence electrons. The van der Waals surface area contributed by atoms with E-state index in [-0.39, 0.29) is 18.5 Å². The molecule has 8 nitrogen and oxygen atoms in total. The van der Waals surface area contributed by atoms with Crippen LogP contribution in [0.2, 0.25) is 0 Å². The molecule has 1 fully saturated rings. The van der Waals surface area contributed by atoms with E-state index in [2.05, 4.69) is 14.6 Å². The van der Waals surface area contributed by atoms with Crippen LogP contribution in [0, 0.1) is 6.92 Å². The predicted octanol–water partition coefficient (Wildman–Crippen LogP) is 1.59. The number of anilines is 1. The van der Waals surface area contributed by atoms with Crippen molar-refractivity contribution in [2.75, 3.05) is 25.0 Å². The average Bonchev–Trinajstić information content (AvgIpc) is 3.34. The number of carbonyl (C=O) groups is 2. The Morgan fingerprint density at radius 2 is 2.17 bits per heavy atom. The van der Waals surface area contributed by atoms with Crippen LogP contribution in [0.25, 0.3) is 0 Å². The molecule has 3 heterocycles. The summed E-state index contributed by atoms with van der Waals surface area (Å²) in [6.07, 6.45) is 1.97. The molecule has 1 atom stereocenters. The lowest BCUT2D eigenvalue weighted by atomic mass is 9.87. The summed E-state index contributed by atoms with van der Waals surface area (Å²) in [5.41, 5.74) is 8.57. The Hall–Kier alpha value is -2.33. The largest absolute Gasteiger partial charge is 0.457 e. The maximum Gasteiger partial charge on any atom is 0.338 e. The Balaban J connectivity index is 1.36.